The molecule has 28 heavy (non-hydrogen) atoms. The molecule has 0 spiro atoms. The molecule has 4 rings (SSSR count). The number of hydrogen-bond donors (Lipinski definition) is 0. The minimum Gasteiger partial charge on any atom is -0.456 e. The third kappa shape index (κ3) is 4.27. The molecule has 2 aromatic carbocycles. The van der Waals surface area contributed by atoms with Gasteiger partial charge in [-0.2, -0.15) is 0 Å². The molecule has 0 saturated carbocycles. The summed E-state index contributed by atoms with van der Waals surface area (Å²) in [5.41, 5.74) is 3.41. The van der Waals surface area contributed by atoms with Gasteiger partial charge in [0.15, 0.2) is 0 Å². The Balaban J connectivity index is 1.39. The first-order valence-electron chi connectivity index (χ1n) is 8.58. The van der Waals surface area contributed by atoms with Crippen LogP contribution < -0.4 is 0 Å². The van der Waals surface area contributed by atoms with Crippen LogP contribution >= 0.6 is 22.9 Å². The van der Waals surface area contributed by atoms with Crippen LogP contribution in [0.2, 0.25) is 5.02 Å². The molecular formula is C22H15ClN2O2S. The van der Waals surface area contributed by atoms with Gasteiger partial charge < -0.3 is 4.74 Å². The molecule has 138 valence electrons. The number of nitrogens with zero attached hydrogens (tertiary/aromatic N) is 2. The minimum absolute atomic E-state index is 0.126. The Kier molecular flexibility index (Phi) is 5.46. The molecule has 0 aliphatic carbocycles. The van der Waals surface area contributed by atoms with Gasteiger partial charge in [0.25, 0.3) is 0 Å². The van der Waals surface area contributed by atoms with E-state index >= 15 is 0 Å². The smallest absolute Gasteiger partial charge is 0.331 e. The Morgan fingerprint density at radius 3 is 2.79 bits per heavy atom. The number of aromatic nitrogens is 2. The van der Waals surface area contributed by atoms with Crippen LogP contribution in [0.25, 0.3) is 27.6 Å². The quantitative estimate of drug-likeness (QED) is 0.312. The number of hydrogen-bond acceptors (Lipinski definition) is 5. The van der Waals surface area contributed by atoms with Crippen LogP contribution in [-0.2, 0) is 16.1 Å². The van der Waals surface area contributed by atoms with Crippen molar-refractivity contribution in [2.45, 2.75) is 6.61 Å². The first-order chi connectivity index (χ1) is 13.7. The lowest BCUT2D eigenvalue weighted by atomic mass is 10.1. The van der Waals surface area contributed by atoms with Gasteiger partial charge in [0, 0.05) is 39.2 Å². The molecule has 0 unspecified atom stereocenters. The number of ether oxygens (including phenoxy) is 1. The van der Waals surface area contributed by atoms with Gasteiger partial charge in [-0.3, -0.25) is 4.98 Å². The first kappa shape index (κ1) is 18.3. The summed E-state index contributed by atoms with van der Waals surface area (Å²) in [5.74, 6) is -0.422. The second-order valence-electron chi connectivity index (χ2n) is 6.01. The zero-order valence-electron chi connectivity index (χ0n) is 14.7. The van der Waals surface area contributed by atoms with Crippen molar-refractivity contribution in [1.29, 1.82) is 0 Å². The summed E-state index contributed by atoms with van der Waals surface area (Å²) < 4.78 is 5.31. The number of halogens is 1. The highest BCUT2D eigenvalue weighted by molar-refractivity contribution is 7.13. The summed E-state index contributed by atoms with van der Waals surface area (Å²) in [4.78, 5) is 20.9. The molecule has 0 amide bonds. The van der Waals surface area contributed by atoms with Gasteiger partial charge in [-0.15, -0.1) is 11.3 Å². The number of carbonyl (C=O) groups is 1. The van der Waals surface area contributed by atoms with Crippen molar-refractivity contribution in [1.82, 2.24) is 9.97 Å². The summed E-state index contributed by atoms with van der Waals surface area (Å²) in [6, 6.07) is 17.2. The highest BCUT2D eigenvalue weighted by atomic mass is 35.5. The summed E-state index contributed by atoms with van der Waals surface area (Å²) in [5, 5.41) is 4.45. The van der Waals surface area contributed by atoms with E-state index in [0.29, 0.717) is 10.7 Å². The zero-order chi connectivity index (χ0) is 19.3. The normalized spacial score (nSPS) is 11.2. The lowest BCUT2D eigenvalue weighted by molar-refractivity contribution is -0.139. The fourth-order valence-corrected chi connectivity index (χ4v) is 3.65. The van der Waals surface area contributed by atoms with E-state index in [-0.39, 0.29) is 6.61 Å². The number of benzene rings is 2. The molecule has 0 fully saturated rings. The Hall–Kier alpha value is -3.02. The molecule has 2 aromatic heterocycles. The fraction of sp³-hybridized carbons (Fsp3) is 0.0455. The SMILES string of the molecule is O=C(/C=C/c1cccc2cccnc12)OCc1csc(-c2ccc(Cl)cc2)n1. The summed E-state index contributed by atoms with van der Waals surface area (Å²) in [6.07, 6.45) is 4.87. The summed E-state index contributed by atoms with van der Waals surface area (Å²) in [6.45, 7) is 0.126. The molecule has 2 heterocycles. The van der Waals surface area contributed by atoms with E-state index in [9.17, 15) is 4.79 Å². The standard InChI is InChI=1S/C22H15ClN2O2S/c23-18-9-6-17(7-10-18)22-25-19(14-28-22)13-27-20(26)11-8-16-4-1-3-15-5-2-12-24-21(15)16/h1-12,14H,13H2/b11-8+. The topological polar surface area (TPSA) is 52.1 Å². The zero-order valence-corrected chi connectivity index (χ0v) is 16.3. The third-order valence-corrected chi connectivity index (χ3v) is 5.26. The second kappa shape index (κ2) is 8.33. The monoisotopic (exact) mass is 406 g/mol. The molecule has 4 aromatic rings. The van der Waals surface area contributed by atoms with E-state index < -0.39 is 5.97 Å². The molecule has 0 aliphatic rings. The van der Waals surface area contributed by atoms with E-state index in [0.717, 1.165) is 27.0 Å². The van der Waals surface area contributed by atoms with Crippen molar-refractivity contribution in [2.75, 3.05) is 0 Å². The summed E-state index contributed by atoms with van der Waals surface area (Å²) >= 11 is 7.41. The van der Waals surface area contributed by atoms with Gasteiger partial charge in [-0.05, 0) is 24.3 Å². The van der Waals surface area contributed by atoms with E-state index in [1.54, 1.807) is 12.3 Å². The molecule has 4 nitrogen and oxygen atoms in total. The molecular weight excluding hydrogens is 392 g/mol. The largest absolute Gasteiger partial charge is 0.456 e. The number of esters is 1. The number of rotatable bonds is 5. The average molecular weight is 407 g/mol. The number of pyridine rings is 1. The number of fused-ring (bicyclic) bond motifs is 1. The van der Waals surface area contributed by atoms with Gasteiger partial charge in [0.1, 0.15) is 11.6 Å². The molecule has 0 aliphatic heterocycles. The predicted octanol–water partition coefficient (Wildman–Crippen LogP) is 5.77. The van der Waals surface area contributed by atoms with Gasteiger partial charge in [0.2, 0.25) is 0 Å². The molecule has 0 bridgehead atoms. The number of para-hydroxylation sites is 1. The maximum absolute atomic E-state index is 12.1. The Morgan fingerprint density at radius 2 is 1.93 bits per heavy atom. The van der Waals surface area contributed by atoms with E-state index in [4.69, 9.17) is 16.3 Å². The van der Waals surface area contributed by atoms with Crippen LogP contribution in [0, 0.1) is 0 Å². The maximum atomic E-state index is 12.1. The van der Waals surface area contributed by atoms with Gasteiger partial charge >= 0.3 is 5.97 Å². The van der Waals surface area contributed by atoms with Crippen molar-refractivity contribution in [3.63, 3.8) is 0 Å². The molecule has 0 radical (unpaired) electrons. The van der Waals surface area contributed by atoms with Gasteiger partial charge in [0.05, 0.1) is 11.2 Å². The Morgan fingerprint density at radius 1 is 1.11 bits per heavy atom. The highest BCUT2D eigenvalue weighted by Gasteiger charge is 2.07. The van der Waals surface area contributed by atoms with E-state index in [2.05, 4.69) is 9.97 Å². The third-order valence-electron chi connectivity index (χ3n) is 4.07. The number of thiazole rings is 1. The van der Waals surface area contributed by atoms with Crippen LogP contribution in [0.4, 0.5) is 0 Å². The van der Waals surface area contributed by atoms with Gasteiger partial charge in [-0.1, -0.05) is 48.0 Å². The van der Waals surface area contributed by atoms with E-state index in [1.807, 2.05) is 60.0 Å². The summed E-state index contributed by atoms with van der Waals surface area (Å²) in [7, 11) is 0. The minimum atomic E-state index is -0.422. The van der Waals surface area contributed by atoms with Crippen LogP contribution in [0.1, 0.15) is 11.3 Å². The Bertz CT molecular complexity index is 1150. The van der Waals surface area contributed by atoms with Crippen LogP contribution in [0.5, 0.6) is 0 Å². The van der Waals surface area contributed by atoms with Crippen molar-refractivity contribution >= 4 is 45.9 Å². The fourth-order valence-electron chi connectivity index (χ4n) is 2.71. The van der Waals surface area contributed by atoms with Crippen molar-refractivity contribution in [3.05, 3.63) is 88.5 Å². The lowest BCUT2D eigenvalue weighted by Crippen LogP contribution is -2.01. The van der Waals surface area contributed by atoms with Crippen molar-refractivity contribution in [2.24, 2.45) is 0 Å². The molecule has 6 heteroatoms. The highest BCUT2D eigenvalue weighted by Crippen LogP contribution is 2.25. The van der Waals surface area contributed by atoms with Crippen LogP contribution in [-0.4, -0.2) is 15.9 Å². The van der Waals surface area contributed by atoms with Crippen molar-refractivity contribution < 1.29 is 9.53 Å². The van der Waals surface area contributed by atoms with Gasteiger partial charge in [-0.25, -0.2) is 9.78 Å². The van der Waals surface area contributed by atoms with Crippen LogP contribution in [0.3, 0.4) is 0 Å². The van der Waals surface area contributed by atoms with Crippen molar-refractivity contribution in [3.8, 4) is 10.6 Å². The second-order valence-corrected chi connectivity index (χ2v) is 7.31. The molecule has 0 N–H and O–H groups in total. The lowest BCUT2D eigenvalue weighted by Gasteiger charge is -2.01. The Labute approximate surface area is 171 Å². The maximum Gasteiger partial charge on any atom is 0.331 e. The number of carbonyl (C=O) groups excluding carboxylic acids is 1. The van der Waals surface area contributed by atoms with Crippen LogP contribution in [0.15, 0.2) is 72.3 Å². The van der Waals surface area contributed by atoms with E-state index in [1.165, 1.54) is 17.4 Å². The first-order valence-corrected chi connectivity index (χ1v) is 9.84. The molecule has 0 atom stereocenters. The average Bonchev–Trinajstić information content (AvgIpc) is 3.20. The molecule has 0 saturated heterocycles. The predicted molar refractivity (Wildman–Crippen MR) is 113 cm³/mol.